The van der Waals surface area contributed by atoms with Gasteiger partial charge in [0.1, 0.15) is 0 Å². The van der Waals surface area contributed by atoms with Gasteiger partial charge in [-0.25, -0.2) is 0 Å². The number of unbranched alkanes of at least 4 members (excludes halogenated alkanes) is 6. The van der Waals surface area contributed by atoms with E-state index in [1.54, 1.807) is 12.2 Å². The molecule has 0 aliphatic rings. The minimum atomic E-state index is -0.586. The third-order valence-corrected chi connectivity index (χ3v) is 5.24. The highest BCUT2D eigenvalue weighted by atomic mass is 16.5. The number of ether oxygens (including phenoxy) is 1. The molecule has 0 aliphatic carbocycles. The maximum atomic E-state index is 11.0. The van der Waals surface area contributed by atoms with E-state index in [0.29, 0.717) is 12.8 Å². The van der Waals surface area contributed by atoms with Gasteiger partial charge >= 0.3 is 5.97 Å². The highest BCUT2D eigenvalue weighted by molar-refractivity contribution is 5.68. The molecular formula is C29H48O4. The number of hydrogen-bond acceptors (Lipinski definition) is 4. The van der Waals surface area contributed by atoms with Crippen molar-refractivity contribution in [2.45, 2.75) is 109 Å². The molecule has 0 rings (SSSR count). The Morgan fingerprint density at radius 1 is 0.758 bits per heavy atom. The van der Waals surface area contributed by atoms with Crippen LogP contribution in [0.4, 0.5) is 0 Å². The third kappa shape index (κ3) is 24.6. The summed E-state index contributed by atoms with van der Waals surface area (Å²) in [4.78, 5) is 11.0. The minimum Gasteiger partial charge on any atom is -0.469 e. The van der Waals surface area contributed by atoms with Crippen LogP contribution >= 0.6 is 0 Å². The van der Waals surface area contributed by atoms with Crippen molar-refractivity contribution in [2.75, 3.05) is 7.11 Å². The van der Waals surface area contributed by atoms with Crippen LogP contribution in [0.1, 0.15) is 96.8 Å². The van der Waals surface area contributed by atoms with Gasteiger partial charge in [0.15, 0.2) is 0 Å². The summed E-state index contributed by atoms with van der Waals surface area (Å²) in [5.41, 5.74) is 0. The van der Waals surface area contributed by atoms with Crippen molar-refractivity contribution in [3.8, 4) is 0 Å². The lowest BCUT2D eigenvalue weighted by atomic mass is 10.1. The van der Waals surface area contributed by atoms with Crippen molar-refractivity contribution in [2.24, 2.45) is 0 Å². The van der Waals surface area contributed by atoms with Crippen LogP contribution in [0.25, 0.3) is 0 Å². The molecule has 0 aromatic rings. The first-order chi connectivity index (χ1) is 16.1. The van der Waals surface area contributed by atoms with E-state index >= 15 is 0 Å². The molecule has 0 amide bonds. The number of carbonyl (C=O) groups is 1. The molecule has 0 bridgehead atoms. The van der Waals surface area contributed by atoms with E-state index in [0.717, 1.165) is 51.4 Å². The van der Waals surface area contributed by atoms with Crippen molar-refractivity contribution in [3.05, 3.63) is 60.8 Å². The minimum absolute atomic E-state index is 0.0987. The summed E-state index contributed by atoms with van der Waals surface area (Å²) >= 11 is 0. The fraction of sp³-hybridized carbons (Fsp3) is 0.621. The number of aliphatic hydroxyl groups is 2. The van der Waals surface area contributed by atoms with E-state index in [-0.39, 0.29) is 12.1 Å². The Kier molecular flexibility index (Phi) is 23.3. The van der Waals surface area contributed by atoms with Crippen LogP contribution in [0.5, 0.6) is 0 Å². The zero-order valence-corrected chi connectivity index (χ0v) is 21.0. The predicted octanol–water partition coefficient (Wildman–Crippen LogP) is 7.14. The Labute approximate surface area is 202 Å². The third-order valence-electron chi connectivity index (χ3n) is 5.24. The summed E-state index contributed by atoms with van der Waals surface area (Å²) in [6.45, 7) is 2.05. The maximum Gasteiger partial charge on any atom is 0.305 e. The van der Waals surface area contributed by atoms with Gasteiger partial charge in [-0.2, -0.15) is 0 Å². The monoisotopic (exact) mass is 460 g/mol. The largest absolute Gasteiger partial charge is 0.469 e. The second-order valence-corrected chi connectivity index (χ2v) is 8.38. The molecule has 2 N–H and O–H groups in total. The summed E-state index contributed by atoms with van der Waals surface area (Å²) in [5.74, 6) is -0.0987. The van der Waals surface area contributed by atoms with Crippen LogP contribution in [0.2, 0.25) is 0 Å². The van der Waals surface area contributed by atoms with Crippen molar-refractivity contribution in [1.29, 1.82) is 0 Å². The lowest BCUT2D eigenvalue weighted by Gasteiger charge is -2.04. The Bertz CT molecular complexity index is 586. The molecule has 33 heavy (non-hydrogen) atoms. The fourth-order valence-electron chi connectivity index (χ4n) is 3.28. The molecule has 0 spiro atoms. The van der Waals surface area contributed by atoms with E-state index in [1.807, 2.05) is 12.2 Å². The second-order valence-electron chi connectivity index (χ2n) is 8.38. The van der Waals surface area contributed by atoms with Gasteiger partial charge in [0, 0.05) is 6.42 Å². The molecule has 0 aliphatic heterocycles. The molecule has 2 unspecified atom stereocenters. The Morgan fingerprint density at radius 3 is 1.94 bits per heavy atom. The number of carbonyl (C=O) groups excluding carboxylic acids is 1. The number of rotatable bonds is 21. The van der Waals surface area contributed by atoms with Crippen LogP contribution in [0.3, 0.4) is 0 Å². The van der Waals surface area contributed by atoms with E-state index in [2.05, 4.69) is 48.1 Å². The van der Waals surface area contributed by atoms with Gasteiger partial charge in [0.25, 0.3) is 0 Å². The second kappa shape index (κ2) is 24.7. The number of methoxy groups -OCH3 is 1. The van der Waals surface area contributed by atoms with Crippen LogP contribution in [-0.2, 0) is 9.53 Å². The van der Waals surface area contributed by atoms with Crippen molar-refractivity contribution in [3.63, 3.8) is 0 Å². The first kappa shape index (κ1) is 31.1. The normalized spacial score (nSPS) is 14.4. The summed E-state index contributed by atoms with van der Waals surface area (Å²) < 4.78 is 4.64. The molecule has 0 heterocycles. The van der Waals surface area contributed by atoms with E-state index in [9.17, 15) is 15.0 Å². The standard InChI is InChI=1S/C29H48O4/c1-3-22-27(30)24-21-25-28(31)23-19-17-15-13-11-9-7-5-4-6-8-10-12-14-16-18-20-26-29(32)33-2/h4,6-7,9,13,15,19,21,23,25,27-28,30-31H,3,5,8,10-12,14,16-18,20,22,24,26H2,1-2H3/b6-4-,9-7-,15-13-,23-19-,25-21-. The summed E-state index contributed by atoms with van der Waals surface area (Å²) in [6, 6.07) is 0. The molecule has 188 valence electrons. The summed E-state index contributed by atoms with van der Waals surface area (Å²) in [7, 11) is 1.45. The lowest BCUT2D eigenvalue weighted by Crippen LogP contribution is -2.04. The zero-order chi connectivity index (χ0) is 24.4. The van der Waals surface area contributed by atoms with Crippen molar-refractivity contribution in [1.82, 2.24) is 0 Å². The highest BCUT2D eigenvalue weighted by Crippen LogP contribution is 2.09. The van der Waals surface area contributed by atoms with E-state index in [1.165, 1.54) is 32.8 Å². The van der Waals surface area contributed by atoms with Crippen LogP contribution in [0.15, 0.2) is 60.8 Å². The quantitative estimate of drug-likeness (QED) is 0.108. The first-order valence-corrected chi connectivity index (χ1v) is 12.8. The Morgan fingerprint density at radius 2 is 1.30 bits per heavy atom. The zero-order valence-electron chi connectivity index (χ0n) is 21.0. The summed E-state index contributed by atoms with van der Waals surface area (Å²) in [5, 5.41) is 19.5. The van der Waals surface area contributed by atoms with Gasteiger partial charge in [0.2, 0.25) is 0 Å². The van der Waals surface area contributed by atoms with Gasteiger partial charge in [0.05, 0.1) is 19.3 Å². The number of esters is 1. The SMILES string of the molecule is CCCC(O)C/C=C\C(O)/C=C\C/C=C\C/C=C\C/C=C\CCCCCCCCC(=O)OC. The molecule has 0 fully saturated rings. The van der Waals surface area contributed by atoms with Crippen molar-refractivity contribution >= 4 is 5.97 Å². The van der Waals surface area contributed by atoms with Gasteiger partial charge < -0.3 is 14.9 Å². The molecule has 0 aromatic carbocycles. The van der Waals surface area contributed by atoms with Crippen LogP contribution < -0.4 is 0 Å². The van der Waals surface area contributed by atoms with E-state index in [4.69, 9.17) is 0 Å². The Balaban J connectivity index is 3.56. The molecule has 0 radical (unpaired) electrons. The number of aliphatic hydroxyl groups excluding tert-OH is 2. The first-order valence-electron chi connectivity index (χ1n) is 12.8. The topological polar surface area (TPSA) is 66.8 Å². The molecule has 2 atom stereocenters. The average molecular weight is 461 g/mol. The fourth-order valence-corrected chi connectivity index (χ4v) is 3.28. The molecule has 0 saturated carbocycles. The summed E-state index contributed by atoms with van der Waals surface area (Å²) in [6.07, 6.45) is 33.3. The van der Waals surface area contributed by atoms with Gasteiger partial charge in [-0.15, -0.1) is 0 Å². The van der Waals surface area contributed by atoms with Gasteiger partial charge in [-0.1, -0.05) is 99.8 Å². The molecule has 4 nitrogen and oxygen atoms in total. The number of hydrogen-bond donors (Lipinski definition) is 2. The average Bonchev–Trinajstić information content (AvgIpc) is 2.80. The van der Waals surface area contributed by atoms with Gasteiger partial charge in [-0.05, 0) is 51.4 Å². The highest BCUT2D eigenvalue weighted by Gasteiger charge is 1.99. The van der Waals surface area contributed by atoms with E-state index < -0.39 is 6.10 Å². The number of allylic oxidation sites excluding steroid dienone is 7. The van der Waals surface area contributed by atoms with Gasteiger partial charge in [-0.3, -0.25) is 4.79 Å². The Hall–Kier alpha value is -1.91. The lowest BCUT2D eigenvalue weighted by molar-refractivity contribution is -0.140. The smallest absolute Gasteiger partial charge is 0.305 e. The molecular weight excluding hydrogens is 412 g/mol. The van der Waals surface area contributed by atoms with Crippen LogP contribution in [0, 0.1) is 0 Å². The maximum absolute atomic E-state index is 11.0. The predicted molar refractivity (Wildman–Crippen MR) is 140 cm³/mol. The molecule has 4 heteroatoms. The van der Waals surface area contributed by atoms with Crippen molar-refractivity contribution < 1.29 is 19.7 Å². The van der Waals surface area contributed by atoms with Crippen LogP contribution in [-0.4, -0.2) is 35.5 Å². The molecule has 0 aromatic heterocycles. The molecule has 0 saturated heterocycles.